The number of tetrazole rings is 1. The molecule has 40 heavy (non-hydrogen) atoms. The summed E-state index contributed by atoms with van der Waals surface area (Å²) in [5.41, 5.74) is 5.43. The van der Waals surface area contributed by atoms with Crippen LogP contribution in [0.1, 0.15) is 5.82 Å². The van der Waals surface area contributed by atoms with Gasteiger partial charge in [-0.3, -0.25) is 14.5 Å². The van der Waals surface area contributed by atoms with Crippen LogP contribution in [-0.2, 0) is 30.6 Å². The molecule has 2 amide bonds. The van der Waals surface area contributed by atoms with Crippen molar-refractivity contribution in [3.63, 3.8) is 0 Å². The highest BCUT2D eigenvalue weighted by atomic mass is 32.2. The molecule has 0 aromatic carbocycles. The molecule has 5 N–H and O–H groups in total. The number of aromatic nitrogens is 6. The highest BCUT2D eigenvalue weighted by Gasteiger charge is 2.54. The predicted octanol–water partition coefficient (Wildman–Crippen LogP) is -2.00. The molecule has 214 valence electrons. The van der Waals surface area contributed by atoms with E-state index in [-0.39, 0.29) is 28.2 Å². The van der Waals surface area contributed by atoms with Gasteiger partial charge in [-0.05, 0) is 30.1 Å². The summed E-state index contributed by atoms with van der Waals surface area (Å²) in [6.45, 7) is 0.421. The molecule has 1 saturated heterocycles. The Bertz CT molecular complexity index is 1370. The monoisotopic (exact) mass is 613 g/mol. The fourth-order valence-corrected chi connectivity index (χ4v) is 6.38. The zero-order valence-corrected chi connectivity index (χ0v) is 23.4. The van der Waals surface area contributed by atoms with Crippen LogP contribution in [0.5, 0.6) is 0 Å². The molecule has 2 atom stereocenters. The molecule has 2 aliphatic heterocycles. The Labute approximate surface area is 238 Å². The van der Waals surface area contributed by atoms with Crippen molar-refractivity contribution in [2.45, 2.75) is 23.1 Å². The topological polar surface area (TPSA) is 244 Å². The number of likely N-dealkylation sites (N-methyl/N-ethyl adjacent to an activating group) is 1. The lowest BCUT2D eigenvalue weighted by Crippen LogP contribution is -2.71. The maximum Gasteiger partial charge on any atom is 0.352 e. The van der Waals surface area contributed by atoms with Gasteiger partial charge in [0.15, 0.2) is 5.13 Å². The number of hydrogen-bond donors (Lipinski definition) is 4. The van der Waals surface area contributed by atoms with Crippen LogP contribution < -0.4 is 11.1 Å². The number of hydrogen-bond acceptors (Lipinski definition) is 16. The van der Waals surface area contributed by atoms with Crippen LogP contribution in [-0.4, -0.2) is 129 Å². The number of nitrogens with two attached hydrogens (primary N) is 1. The number of nitrogen functional groups attached to an aromatic ring is 1. The molecule has 1 unspecified atom stereocenters. The van der Waals surface area contributed by atoms with E-state index in [9.17, 15) is 24.3 Å². The molecule has 0 bridgehead atoms. The van der Waals surface area contributed by atoms with E-state index >= 15 is 0 Å². The van der Waals surface area contributed by atoms with Gasteiger partial charge in [-0.1, -0.05) is 16.9 Å². The second-order valence-electron chi connectivity index (χ2n) is 8.46. The number of amides is 2. The molecule has 0 aliphatic carbocycles. The molecule has 0 radical (unpaired) electrons. The lowest BCUT2D eigenvalue weighted by molar-refractivity contribution is -0.150. The molecule has 21 heteroatoms. The van der Waals surface area contributed by atoms with E-state index in [4.69, 9.17) is 10.8 Å². The zero-order chi connectivity index (χ0) is 29.0. The number of carboxylic acid groups (broad SMARTS) is 2. The predicted molar refractivity (Wildman–Crippen MR) is 141 cm³/mol. The number of carbonyl (C=O) groups is 4. The second-order valence-corrected chi connectivity index (χ2v) is 11.3. The van der Waals surface area contributed by atoms with Crippen LogP contribution >= 0.6 is 35.1 Å². The lowest BCUT2D eigenvalue weighted by Gasteiger charge is -2.49. The molecule has 4 heterocycles. The summed E-state index contributed by atoms with van der Waals surface area (Å²) >= 11 is 3.31. The Kier molecular flexibility index (Phi) is 9.17. The molecular weight excluding hydrogens is 590 g/mol. The summed E-state index contributed by atoms with van der Waals surface area (Å²) in [6, 6.07) is -1.08. The van der Waals surface area contributed by atoms with Crippen LogP contribution in [0.2, 0.25) is 0 Å². The minimum absolute atomic E-state index is 0.0239. The Morgan fingerprint density at radius 2 is 2.10 bits per heavy atom. The maximum absolute atomic E-state index is 13.0. The number of rotatable bonds is 13. The van der Waals surface area contributed by atoms with E-state index in [1.54, 1.807) is 4.68 Å². The third kappa shape index (κ3) is 6.48. The van der Waals surface area contributed by atoms with Crippen LogP contribution in [0, 0.1) is 0 Å². The molecule has 2 aromatic rings. The quantitative estimate of drug-likeness (QED) is 0.0826. The SMILES string of the molecule is CN(C)CCn1nnnc1SCC1=C(C(=O)O)N2C(=O)C(NC(=O)C(=NOCC(=O)O)c3nsc(N)n3)[C@H]2SC1. The summed E-state index contributed by atoms with van der Waals surface area (Å²) in [4.78, 5) is 60.6. The molecule has 1 fully saturated rings. The molecule has 2 aliphatic rings. The zero-order valence-electron chi connectivity index (χ0n) is 21.0. The average molecular weight is 614 g/mol. The van der Waals surface area contributed by atoms with Crippen molar-refractivity contribution in [2.75, 3.05) is 44.5 Å². The van der Waals surface area contributed by atoms with Crippen LogP contribution in [0.4, 0.5) is 5.13 Å². The summed E-state index contributed by atoms with van der Waals surface area (Å²) in [6.07, 6.45) is 0. The molecule has 0 spiro atoms. The standard InChI is InChI=1S/C19H23N11O7S3/c1-28(2)3-4-29-19(23-26-27-29)39-7-8-6-38-16-11(15(34)30(16)12(8)17(35)36)21-14(33)10(24-37-5-9(31)32)13-22-18(20)40-25-13/h11,16H,3-7H2,1-2H3,(H,21,33)(H,31,32)(H,35,36)(H2,20,22,25)/t11?,16-/m1/s1. The van der Waals surface area contributed by atoms with Gasteiger partial charge in [0.25, 0.3) is 11.8 Å². The van der Waals surface area contributed by atoms with Crippen molar-refractivity contribution in [1.82, 2.24) is 44.7 Å². The molecule has 4 rings (SSSR count). The smallest absolute Gasteiger partial charge is 0.352 e. The number of thioether (sulfide) groups is 2. The molecule has 18 nitrogen and oxygen atoms in total. The first-order valence-corrected chi connectivity index (χ1v) is 14.1. The first-order valence-electron chi connectivity index (χ1n) is 11.3. The highest BCUT2D eigenvalue weighted by Crippen LogP contribution is 2.41. The number of carbonyl (C=O) groups excluding carboxylic acids is 2. The third-order valence-electron chi connectivity index (χ3n) is 5.38. The van der Waals surface area contributed by atoms with Crippen LogP contribution in [0.25, 0.3) is 0 Å². The first kappa shape index (κ1) is 29.2. The average Bonchev–Trinajstić information content (AvgIpc) is 3.54. The van der Waals surface area contributed by atoms with Crippen molar-refractivity contribution < 1.29 is 34.2 Å². The molecular formula is C19H23N11O7S3. The number of fused-ring (bicyclic) bond motifs is 1. The summed E-state index contributed by atoms with van der Waals surface area (Å²) < 4.78 is 5.50. The number of nitrogens with one attached hydrogen (secondary N) is 1. The van der Waals surface area contributed by atoms with Crippen molar-refractivity contribution in [2.24, 2.45) is 5.16 Å². The van der Waals surface area contributed by atoms with E-state index in [1.807, 2.05) is 19.0 Å². The molecule has 0 saturated carbocycles. The van der Waals surface area contributed by atoms with Crippen LogP contribution in [0.15, 0.2) is 21.6 Å². The highest BCUT2D eigenvalue weighted by molar-refractivity contribution is 8.01. The van der Waals surface area contributed by atoms with Crippen LogP contribution in [0.3, 0.4) is 0 Å². The van der Waals surface area contributed by atoms with E-state index in [0.29, 0.717) is 23.8 Å². The minimum Gasteiger partial charge on any atom is -0.479 e. The first-order chi connectivity index (χ1) is 19.1. The Hall–Kier alpha value is -3.82. The minimum atomic E-state index is -1.33. The number of aliphatic carboxylic acids is 2. The normalized spacial score (nSPS) is 18.9. The number of carboxylic acids is 2. The summed E-state index contributed by atoms with van der Waals surface area (Å²) in [7, 11) is 3.84. The summed E-state index contributed by atoms with van der Waals surface area (Å²) in [5, 5.41) is 36.2. The van der Waals surface area contributed by atoms with Crippen molar-refractivity contribution in [3.05, 3.63) is 17.1 Å². The largest absolute Gasteiger partial charge is 0.479 e. The number of nitrogens with zero attached hydrogens (tertiary/aromatic N) is 9. The van der Waals surface area contributed by atoms with E-state index < -0.39 is 47.5 Å². The van der Waals surface area contributed by atoms with Gasteiger partial charge in [-0.15, -0.1) is 16.9 Å². The number of β-lactam (4-membered cyclic amide) rings is 1. The van der Waals surface area contributed by atoms with E-state index in [1.165, 1.54) is 23.5 Å². The Morgan fingerprint density at radius 1 is 1.32 bits per heavy atom. The third-order valence-corrected chi connectivity index (χ3v) is 8.31. The number of oxime groups is 1. The van der Waals surface area contributed by atoms with E-state index in [0.717, 1.165) is 16.4 Å². The second kappa shape index (κ2) is 12.6. The van der Waals surface area contributed by atoms with Gasteiger partial charge < -0.3 is 31.0 Å². The summed E-state index contributed by atoms with van der Waals surface area (Å²) in [5.74, 6) is -3.88. The fourth-order valence-electron chi connectivity index (χ4n) is 3.56. The Balaban J connectivity index is 1.46. The maximum atomic E-state index is 13.0. The van der Waals surface area contributed by atoms with Gasteiger partial charge in [0, 0.05) is 29.6 Å². The number of anilines is 1. The van der Waals surface area contributed by atoms with Gasteiger partial charge in [0.1, 0.15) is 17.1 Å². The van der Waals surface area contributed by atoms with Crippen molar-refractivity contribution in [3.8, 4) is 0 Å². The van der Waals surface area contributed by atoms with Gasteiger partial charge in [-0.2, -0.15) is 9.36 Å². The van der Waals surface area contributed by atoms with Gasteiger partial charge in [0.2, 0.25) is 23.3 Å². The van der Waals surface area contributed by atoms with E-state index in [2.05, 4.69) is 40.2 Å². The lowest BCUT2D eigenvalue weighted by atomic mass is 10.0. The van der Waals surface area contributed by atoms with Gasteiger partial charge >= 0.3 is 11.9 Å². The van der Waals surface area contributed by atoms with Crippen molar-refractivity contribution >= 4 is 69.7 Å². The fraction of sp³-hybridized carbons (Fsp3) is 0.474. The molecule has 2 aromatic heterocycles. The Morgan fingerprint density at radius 3 is 2.75 bits per heavy atom. The van der Waals surface area contributed by atoms with Gasteiger partial charge in [-0.25, -0.2) is 14.3 Å². The van der Waals surface area contributed by atoms with Crippen molar-refractivity contribution in [1.29, 1.82) is 0 Å². The van der Waals surface area contributed by atoms with Gasteiger partial charge in [0.05, 0.1) is 6.54 Å².